The van der Waals surface area contributed by atoms with Gasteiger partial charge in [0.1, 0.15) is 13.9 Å². The molecule has 1 unspecified atom stereocenters. The second kappa shape index (κ2) is 8.38. The summed E-state index contributed by atoms with van der Waals surface area (Å²) < 4.78 is 0. The molecule has 3 amide bonds. The number of anilines is 1. The summed E-state index contributed by atoms with van der Waals surface area (Å²) in [6, 6.07) is 4.14. The Morgan fingerprint density at radius 1 is 1.19 bits per heavy atom. The van der Waals surface area contributed by atoms with E-state index in [4.69, 9.17) is 7.85 Å². The van der Waals surface area contributed by atoms with Crippen LogP contribution < -0.4 is 16.1 Å². The number of piperidine rings is 1. The number of nitrogens with zero attached hydrogens (tertiary/aromatic N) is 1. The molecule has 1 aromatic rings. The van der Waals surface area contributed by atoms with Gasteiger partial charge in [0.15, 0.2) is 0 Å². The van der Waals surface area contributed by atoms with E-state index in [1.807, 2.05) is 4.90 Å². The number of benzene rings is 1. The van der Waals surface area contributed by atoms with Crippen molar-refractivity contribution < 1.29 is 14.4 Å². The van der Waals surface area contributed by atoms with Gasteiger partial charge in [-0.1, -0.05) is 31.4 Å². The van der Waals surface area contributed by atoms with Gasteiger partial charge < -0.3 is 15.5 Å². The summed E-state index contributed by atoms with van der Waals surface area (Å²) in [4.78, 5) is 38.3. The summed E-state index contributed by atoms with van der Waals surface area (Å²) in [5, 5.41) is 5.26. The second-order valence-electron chi connectivity index (χ2n) is 7.37. The highest BCUT2D eigenvalue weighted by Crippen LogP contribution is 2.24. The van der Waals surface area contributed by atoms with Crippen LogP contribution in [0.2, 0.25) is 0 Å². The van der Waals surface area contributed by atoms with Crippen LogP contribution in [0, 0.1) is 11.8 Å². The summed E-state index contributed by atoms with van der Waals surface area (Å²) in [6.07, 6.45) is 1.10. The minimum absolute atomic E-state index is 0.141. The normalized spacial score (nSPS) is 21.0. The largest absolute Gasteiger partial charge is 0.345 e. The number of hydrogen-bond acceptors (Lipinski definition) is 3. The fraction of sp³-hybridized carbons (Fsp3) is 0.526. The molecule has 2 rings (SSSR count). The molecule has 0 aliphatic carbocycles. The van der Waals surface area contributed by atoms with Gasteiger partial charge in [-0.15, -0.1) is 0 Å². The zero-order valence-electron chi connectivity index (χ0n) is 15.8. The Bertz CT molecular complexity index is 697. The van der Waals surface area contributed by atoms with E-state index >= 15 is 0 Å². The smallest absolute Gasteiger partial charge is 0.255 e. The number of nitrogens with one attached hydrogen (secondary N) is 2. The van der Waals surface area contributed by atoms with E-state index in [1.54, 1.807) is 25.1 Å². The quantitative estimate of drug-likeness (QED) is 0.793. The van der Waals surface area contributed by atoms with Gasteiger partial charge in [-0.3, -0.25) is 14.4 Å². The molecule has 1 aliphatic heterocycles. The molecule has 0 spiro atoms. The SMILES string of the molecule is [B]c1ccc(NC(=O)C(C)NC(C)=O)c(C(=O)N2C[C@H](C)C[C@H](C)C2)c1. The highest BCUT2D eigenvalue weighted by molar-refractivity contribution is 6.33. The van der Waals surface area contributed by atoms with Crippen LogP contribution in [0.5, 0.6) is 0 Å². The van der Waals surface area contributed by atoms with Crippen LogP contribution in [0.15, 0.2) is 18.2 Å². The van der Waals surface area contributed by atoms with Gasteiger partial charge in [0.05, 0.1) is 11.3 Å². The minimum Gasteiger partial charge on any atom is -0.345 e. The van der Waals surface area contributed by atoms with Crippen molar-refractivity contribution in [1.82, 2.24) is 10.2 Å². The third kappa shape index (κ3) is 5.10. The fourth-order valence-electron chi connectivity index (χ4n) is 3.46. The molecule has 138 valence electrons. The topological polar surface area (TPSA) is 78.5 Å². The van der Waals surface area contributed by atoms with Gasteiger partial charge in [0.2, 0.25) is 11.8 Å². The number of carbonyl (C=O) groups is 3. The van der Waals surface area contributed by atoms with Crippen molar-refractivity contribution in [3.63, 3.8) is 0 Å². The summed E-state index contributed by atoms with van der Waals surface area (Å²) in [5.74, 6) is 0.0401. The molecular weight excluding hydrogens is 329 g/mol. The average molecular weight is 355 g/mol. The molecule has 2 N–H and O–H groups in total. The molecule has 0 aromatic heterocycles. The fourth-order valence-corrected chi connectivity index (χ4v) is 3.46. The Morgan fingerprint density at radius 2 is 1.81 bits per heavy atom. The molecule has 1 aliphatic rings. The number of carbonyl (C=O) groups excluding carboxylic acids is 3. The highest BCUT2D eigenvalue weighted by atomic mass is 16.2. The van der Waals surface area contributed by atoms with Crippen molar-refractivity contribution >= 4 is 36.7 Å². The molecule has 2 radical (unpaired) electrons. The Kier molecular flexibility index (Phi) is 6.45. The molecule has 7 heteroatoms. The summed E-state index contributed by atoms with van der Waals surface area (Å²) in [5.41, 5.74) is 1.23. The standard InChI is InChI=1S/C19H26BN3O3/c1-11-7-12(2)10-23(9-11)19(26)16-8-15(20)5-6-17(16)22-18(25)13(3)21-14(4)24/h5-6,8,11-13H,7,9-10H2,1-4H3,(H,21,24)(H,22,25)/t11-,12+,13?. The summed E-state index contributed by atoms with van der Waals surface area (Å²) in [7, 11) is 5.87. The monoisotopic (exact) mass is 355 g/mol. The van der Waals surface area contributed by atoms with Crippen LogP contribution in [0.1, 0.15) is 44.5 Å². The van der Waals surface area contributed by atoms with Crippen molar-refractivity contribution in [3.05, 3.63) is 23.8 Å². The Balaban J connectivity index is 2.23. The van der Waals surface area contributed by atoms with E-state index in [9.17, 15) is 14.4 Å². The molecule has 3 atom stereocenters. The number of likely N-dealkylation sites (tertiary alicyclic amines) is 1. The van der Waals surface area contributed by atoms with E-state index in [0.717, 1.165) is 6.42 Å². The second-order valence-corrected chi connectivity index (χ2v) is 7.37. The first-order valence-corrected chi connectivity index (χ1v) is 8.94. The third-order valence-electron chi connectivity index (χ3n) is 4.50. The van der Waals surface area contributed by atoms with Gasteiger partial charge in [-0.25, -0.2) is 0 Å². The van der Waals surface area contributed by atoms with E-state index in [-0.39, 0.29) is 17.7 Å². The van der Waals surface area contributed by atoms with Crippen LogP contribution >= 0.6 is 0 Å². The molecule has 26 heavy (non-hydrogen) atoms. The predicted octanol–water partition coefficient (Wildman–Crippen LogP) is 1.06. The van der Waals surface area contributed by atoms with Gasteiger partial charge in [-0.2, -0.15) is 0 Å². The molecule has 1 aromatic carbocycles. The third-order valence-corrected chi connectivity index (χ3v) is 4.50. The van der Waals surface area contributed by atoms with Crippen LogP contribution in [-0.2, 0) is 9.59 Å². The lowest BCUT2D eigenvalue weighted by Gasteiger charge is -2.35. The zero-order valence-corrected chi connectivity index (χ0v) is 15.8. The van der Waals surface area contributed by atoms with Gasteiger partial charge in [0, 0.05) is 20.0 Å². The van der Waals surface area contributed by atoms with E-state index < -0.39 is 6.04 Å². The van der Waals surface area contributed by atoms with Crippen molar-refractivity contribution in [2.45, 2.75) is 40.2 Å². The highest BCUT2D eigenvalue weighted by Gasteiger charge is 2.28. The zero-order chi connectivity index (χ0) is 19.4. The number of rotatable bonds is 4. The average Bonchev–Trinajstić information content (AvgIpc) is 2.54. The molecular formula is C19H26BN3O3. The summed E-state index contributed by atoms with van der Waals surface area (Å²) >= 11 is 0. The molecule has 0 saturated carbocycles. The first-order valence-electron chi connectivity index (χ1n) is 8.94. The van der Waals surface area contributed by atoms with Gasteiger partial charge in [-0.05, 0) is 31.2 Å². The lowest BCUT2D eigenvalue weighted by Crippen LogP contribution is -2.43. The van der Waals surface area contributed by atoms with Crippen molar-refractivity contribution in [1.29, 1.82) is 0 Å². The van der Waals surface area contributed by atoms with E-state index in [1.165, 1.54) is 6.92 Å². The van der Waals surface area contributed by atoms with E-state index in [0.29, 0.717) is 41.6 Å². The Hall–Kier alpha value is -2.31. The molecule has 0 bridgehead atoms. The van der Waals surface area contributed by atoms with Crippen LogP contribution in [0.25, 0.3) is 0 Å². The predicted molar refractivity (Wildman–Crippen MR) is 103 cm³/mol. The molecule has 6 nitrogen and oxygen atoms in total. The molecule has 1 fully saturated rings. The first kappa shape index (κ1) is 20.0. The van der Waals surface area contributed by atoms with E-state index in [2.05, 4.69) is 24.5 Å². The van der Waals surface area contributed by atoms with Crippen LogP contribution in [0.3, 0.4) is 0 Å². The minimum atomic E-state index is -0.706. The Labute approximate surface area is 156 Å². The van der Waals surface area contributed by atoms with Gasteiger partial charge in [0.25, 0.3) is 5.91 Å². The molecule has 1 heterocycles. The summed E-state index contributed by atoms with van der Waals surface area (Å²) in [6.45, 7) is 8.58. The van der Waals surface area contributed by atoms with Gasteiger partial charge >= 0.3 is 0 Å². The maximum atomic E-state index is 13.0. The maximum Gasteiger partial charge on any atom is 0.255 e. The Morgan fingerprint density at radius 3 is 2.38 bits per heavy atom. The maximum absolute atomic E-state index is 13.0. The number of amides is 3. The first-order chi connectivity index (χ1) is 12.2. The molecule has 1 saturated heterocycles. The lowest BCUT2D eigenvalue weighted by atomic mass is 9.90. The van der Waals surface area contributed by atoms with Crippen LogP contribution in [0.4, 0.5) is 5.69 Å². The van der Waals surface area contributed by atoms with Crippen LogP contribution in [-0.4, -0.2) is 49.6 Å². The van der Waals surface area contributed by atoms with Crippen molar-refractivity contribution in [2.75, 3.05) is 18.4 Å². The van der Waals surface area contributed by atoms with Crippen molar-refractivity contribution in [2.24, 2.45) is 11.8 Å². The van der Waals surface area contributed by atoms with Crippen molar-refractivity contribution in [3.8, 4) is 0 Å². The lowest BCUT2D eigenvalue weighted by molar-refractivity contribution is -0.124. The number of hydrogen-bond donors (Lipinski definition) is 2.